The molecule has 130 valence electrons. The van der Waals surface area contributed by atoms with Crippen molar-refractivity contribution in [3.05, 3.63) is 16.6 Å². The molecule has 0 saturated heterocycles. The van der Waals surface area contributed by atoms with Crippen LogP contribution in [0.25, 0.3) is 10.2 Å². The molecule has 2 amide bonds. The Hall–Kier alpha value is -2.03. The van der Waals surface area contributed by atoms with Crippen LogP contribution in [-0.4, -0.2) is 34.1 Å². The summed E-state index contributed by atoms with van der Waals surface area (Å²) in [4.78, 5) is 25.2. The monoisotopic (exact) mass is 356 g/mol. The van der Waals surface area contributed by atoms with Crippen molar-refractivity contribution in [2.45, 2.75) is 32.2 Å². The minimum Gasteiger partial charge on any atom is -0.352 e. The van der Waals surface area contributed by atoms with Crippen LogP contribution >= 0.6 is 11.3 Å². The van der Waals surface area contributed by atoms with E-state index in [1.165, 1.54) is 11.3 Å². The lowest BCUT2D eigenvalue weighted by Gasteiger charge is -2.33. The van der Waals surface area contributed by atoms with Crippen LogP contribution in [-0.2, 0) is 18.4 Å². The highest BCUT2D eigenvalue weighted by Gasteiger charge is 2.48. The molecule has 2 aromatic heterocycles. The topological polar surface area (TPSA) is 76.0 Å². The first-order chi connectivity index (χ1) is 11.3. The fraction of sp³-hybridized carbons (Fsp3) is 0.533. The molecule has 1 saturated carbocycles. The molecule has 1 aliphatic carbocycles. The van der Waals surface area contributed by atoms with Crippen molar-refractivity contribution < 1.29 is 18.4 Å². The SMILES string of the molecule is CCNC(=O)c1cc2c(CNC(=O)C3CC(F)(F)C3)nn(C)c2s1. The lowest BCUT2D eigenvalue weighted by Crippen LogP contribution is -2.44. The standard InChI is InChI=1S/C15H18F2N4O2S/c1-3-18-13(23)11-4-9-10(20-21(2)14(9)24-11)7-19-12(22)8-5-15(16,17)6-8/h4,8H,3,5-7H2,1-2H3,(H,18,23)(H,19,22). The number of fused-ring (bicyclic) bond motifs is 1. The Labute approximate surface area is 141 Å². The zero-order valence-corrected chi connectivity index (χ0v) is 14.2. The van der Waals surface area contributed by atoms with Crippen molar-refractivity contribution >= 4 is 33.4 Å². The maximum atomic E-state index is 12.8. The van der Waals surface area contributed by atoms with Gasteiger partial charge in [0.15, 0.2) is 0 Å². The third kappa shape index (κ3) is 3.12. The molecule has 9 heteroatoms. The van der Waals surface area contributed by atoms with E-state index in [1.807, 2.05) is 6.92 Å². The Kier molecular flexibility index (Phi) is 4.29. The van der Waals surface area contributed by atoms with E-state index in [0.717, 1.165) is 10.2 Å². The Morgan fingerprint density at radius 1 is 1.42 bits per heavy atom. The normalized spacial score (nSPS) is 16.8. The summed E-state index contributed by atoms with van der Waals surface area (Å²) in [6, 6.07) is 1.75. The summed E-state index contributed by atoms with van der Waals surface area (Å²) in [5.74, 6) is -3.87. The molecule has 24 heavy (non-hydrogen) atoms. The first kappa shape index (κ1) is 16.8. The minimum absolute atomic E-state index is 0.148. The van der Waals surface area contributed by atoms with Gasteiger partial charge in [0.2, 0.25) is 11.8 Å². The van der Waals surface area contributed by atoms with Crippen molar-refractivity contribution in [1.82, 2.24) is 20.4 Å². The number of aryl methyl sites for hydroxylation is 1. The van der Waals surface area contributed by atoms with Gasteiger partial charge in [-0.05, 0) is 13.0 Å². The van der Waals surface area contributed by atoms with Crippen molar-refractivity contribution in [3.63, 3.8) is 0 Å². The lowest BCUT2D eigenvalue weighted by molar-refractivity contribution is -0.150. The first-order valence-electron chi connectivity index (χ1n) is 7.70. The van der Waals surface area contributed by atoms with Crippen molar-refractivity contribution in [2.24, 2.45) is 13.0 Å². The number of amides is 2. The van der Waals surface area contributed by atoms with Gasteiger partial charge in [-0.2, -0.15) is 5.10 Å². The number of rotatable bonds is 5. The zero-order chi connectivity index (χ0) is 17.5. The molecule has 2 N–H and O–H groups in total. The highest BCUT2D eigenvalue weighted by Crippen LogP contribution is 2.42. The average Bonchev–Trinajstić information content (AvgIpc) is 3.04. The number of carbonyl (C=O) groups is 2. The Morgan fingerprint density at radius 2 is 2.12 bits per heavy atom. The molecule has 1 fully saturated rings. The van der Waals surface area contributed by atoms with Crippen LogP contribution in [0.1, 0.15) is 35.1 Å². The number of thiophene rings is 1. The molecule has 0 aliphatic heterocycles. The third-order valence-electron chi connectivity index (χ3n) is 4.04. The van der Waals surface area contributed by atoms with Gasteiger partial charge in [0, 0.05) is 37.7 Å². The summed E-state index contributed by atoms with van der Waals surface area (Å²) < 4.78 is 27.3. The van der Waals surface area contributed by atoms with Crippen LogP contribution in [0.15, 0.2) is 6.07 Å². The predicted octanol–water partition coefficient (Wildman–Crippen LogP) is 2.05. The van der Waals surface area contributed by atoms with Gasteiger partial charge < -0.3 is 10.6 Å². The largest absolute Gasteiger partial charge is 0.352 e. The van der Waals surface area contributed by atoms with Gasteiger partial charge in [-0.25, -0.2) is 8.78 Å². The highest BCUT2D eigenvalue weighted by molar-refractivity contribution is 7.20. The number of carbonyl (C=O) groups excluding carboxylic acids is 2. The molecular weight excluding hydrogens is 338 g/mol. The van der Waals surface area contributed by atoms with Crippen molar-refractivity contribution in [1.29, 1.82) is 0 Å². The summed E-state index contributed by atoms with van der Waals surface area (Å²) in [6.07, 6.45) is -0.785. The molecule has 2 aromatic rings. The van der Waals surface area contributed by atoms with E-state index in [1.54, 1.807) is 17.8 Å². The van der Waals surface area contributed by atoms with Crippen molar-refractivity contribution in [3.8, 4) is 0 Å². The van der Waals surface area contributed by atoms with Gasteiger partial charge in [0.05, 0.1) is 17.1 Å². The number of nitrogens with zero attached hydrogens (tertiary/aromatic N) is 2. The number of aromatic nitrogens is 2. The molecule has 0 radical (unpaired) electrons. The summed E-state index contributed by atoms with van der Waals surface area (Å²) >= 11 is 1.33. The van der Waals surface area contributed by atoms with E-state index >= 15 is 0 Å². The quantitative estimate of drug-likeness (QED) is 0.861. The number of nitrogens with one attached hydrogen (secondary N) is 2. The number of alkyl halides is 2. The van der Waals surface area contributed by atoms with Crippen LogP contribution in [0, 0.1) is 5.92 Å². The number of hydrogen-bond acceptors (Lipinski definition) is 4. The predicted molar refractivity (Wildman–Crippen MR) is 86.1 cm³/mol. The smallest absolute Gasteiger partial charge is 0.261 e. The van der Waals surface area contributed by atoms with Crippen LogP contribution in [0.3, 0.4) is 0 Å². The fourth-order valence-electron chi connectivity index (χ4n) is 2.76. The van der Waals surface area contributed by atoms with E-state index in [9.17, 15) is 18.4 Å². The molecule has 0 bridgehead atoms. The fourth-order valence-corrected chi connectivity index (χ4v) is 3.77. The van der Waals surface area contributed by atoms with Gasteiger partial charge >= 0.3 is 0 Å². The van der Waals surface area contributed by atoms with E-state index in [2.05, 4.69) is 15.7 Å². The second-order valence-corrected chi connectivity index (χ2v) is 6.97. The molecule has 0 aromatic carbocycles. The molecule has 0 atom stereocenters. The molecular formula is C15H18F2N4O2S. The molecule has 0 unspecified atom stereocenters. The molecule has 2 heterocycles. The Morgan fingerprint density at radius 3 is 2.75 bits per heavy atom. The lowest BCUT2D eigenvalue weighted by atomic mass is 9.81. The van der Waals surface area contributed by atoms with E-state index in [-0.39, 0.29) is 18.4 Å². The van der Waals surface area contributed by atoms with Crippen LogP contribution < -0.4 is 10.6 Å². The number of halogens is 2. The molecule has 1 aliphatic rings. The van der Waals surface area contributed by atoms with Crippen LogP contribution in [0.5, 0.6) is 0 Å². The van der Waals surface area contributed by atoms with Gasteiger partial charge in [0.1, 0.15) is 4.83 Å². The summed E-state index contributed by atoms with van der Waals surface area (Å²) in [5.41, 5.74) is 0.624. The summed E-state index contributed by atoms with van der Waals surface area (Å²) in [5, 5.41) is 10.5. The summed E-state index contributed by atoms with van der Waals surface area (Å²) in [7, 11) is 1.76. The van der Waals surface area contributed by atoms with Gasteiger partial charge in [-0.15, -0.1) is 11.3 Å². The Balaban J connectivity index is 1.70. The highest BCUT2D eigenvalue weighted by atomic mass is 32.1. The molecule has 6 nitrogen and oxygen atoms in total. The summed E-state index contributed by atoms with van der Waals surface area (Å²) in [6.45, 7) is 2.54. The van der Waals surface area contributed by atoms with Crippen LogP contribution in [0.2, 0.25) is 0 Å². The molecule has 3 rings (SSSR count). The van der Waals surface area contributed by atoms with Gasteiger partial charge in [-0.1, -0.05) is 0 Å². The second kappa shape index (κ2) is 6.12. The average molecular weight is 356 g/mol. The zero-order valence-electron chi connectivity index (χ0n) is 13.4. The third-order valence-corrected chi connectivity index (χ3v) is 5.24. The van der Waals surface area contributed by atoms with E-state index in [0.29, 0.717) is 17.1 Å². The van der Waals surface area contributed by atoms with Gasteiger partial charge in [0.25, 0.3) is 5.91 Å². The van der Waals surface area contributed by atoms with E-state index < -0.39 is 24.7 Å². The second-order valence-electron chi connectivity index (χ2n) is 5.94. The maximum Gasteiger partial charge on any atom is 0.261 e. The van der Waals surface area contributed by atoms with Crippen molar-refractivity contribution in [2.75, 3.05) is 6.54 Å². The first-order valence-corrected chi connectivity index (χ1v) is 8.51. The maximum absolute atomic E-state index is 12.8. The number of hydrogen-bond donors (Lipinski definition) is 2. The Bertz CT molecular complexity index is 791. The minimum atomic E-state index is -2.71. The van der Waals surface area contributed by atoms with Crippen LogP contribution in [0.4, 0.5) is 8.78 Å². The van der Waals surface area contributed by atoms with E-state index in [4.69, 9.17) is 0 Å². The molecule has 0 spiro atoms. The van der Waals surface area contributed by atoms with Gasteiger partial charge in [-0.3, -0.25) is 14.3 Å².